The van der Waals surface area contributed by atoms with E-state index in [1.807, 2.05) is 26.0 Å². The second kappa shape index (κ2) is 5.85. The summed E-state index contributed by atoms with van der Waals surface area (Å²) in [6.45, 7) is 4.67. The summed E-state index contributed by atoms with van der Waals surface area (Å²) < 4.78 is 19.0. The highest BCUT2D eigenvalue weighted by Gasteiger charge is 2.03. The summed E-state index contributed by atoms with van der Waals surface area (Å²) in [5.41, 5.74) is 9.25. The van der Waals surface area contributed by atoms with Crippen LogP contribution in [0.2, 0.25) is 0 Å². The fourth-order valence-electron chi connectivity index (χ4n) is 2.06. The molecule has 2 aromatic rings. The molecule has 0 aliphatic carbocycles. The molecule has 0 aromatic heterocycles. The summed E-state index contributed by atoms with van der Waals surface area (Å²) in [6.07, 6.45) is 0. The molecule has 0 saturated carbocycles. The van der Waals surface area contributed by atoms with Crippen LogP contribution in [0.4, 0.5) is 4.39 Å². The molecule has 19 heavy (non-hydrogen) atoms. The largest absolute Gasteiger partial charge is 0.489 e. The maximum Gasteiger partial charge on any atom is 0.127 e. The third-order valence-corrected chi connectivity index (χ3v) is 2.93. The van der Waals surface area contributed by atoms with Crippen molar-refractivity contribution in [2.45, 2.75) is 27.0 Å². The number of halogens is 1. The van der Waals surface area contributed by atoms with Gasteiger partial charge in [-0.2, -0.15) is 0 Å². The van der Waals surface area contributed by atoms with Crippen LogP contribution in [0.25, 0.3) is 0 Å². The van der Waals surface area contributed by atoms with E-state index in [4.69, 9.17) is 10.5 Å². The fraction of sp³-hybridized carbons (Fsp3) is 0.250. The van der Waals surface area contributed by atoms with Gasteiger partial charge < -0.3 is 10.5 Å². The number of hydrogen-bond acceptors (Lipinski definition) is 2. The van der Waals surface area contributed by atoms with Gasteiger partial charge >= 0.3 is 0 Å². The van der Waals surface area contributed by atoms with Crippen LogP contribution in [0.1, 0.15) is 22.3 Å². The first-order chi connectivity index (χ1) is 9.08. The number of ether oxygens (including phenoxy) is 1. The lowest BCUT2D eigenvalue weighted by molar-refractivity contribution is 0.305. The Morgan fingerprint density at radius 3 is 2.37 bits per heavy atom. The summed E-state index contributed by atoms with van der Waals surface area (Å²) in [5, 5.41) is 0. The first-order valence-corrected chi connectivity index (χ1v) is 6.27. The summed E-state index contributed by atoms with van der Waals surface area (Å²) in [4.78, 5) is 0. The molecule has 100 valence electrons. The van der Waals surface area contributed by atoms with Crippen LogP contribution >= 0.6 is 0 Å². The van der Waals surface area contributed by atoms with E-state index < -0.39 is 0 Å². The van der Waals surface area contributed by atoms with Gasteiger partial charge in [-0.25, -0.2) is 4.39 Å². The zero-order valence-corrected chi connectivity index (χ0v) is 11.2. The van der Waals surface area contributed by atoms with E-state index in [0.29, 0.717) is 12.2 Å². The molecule has 0 amide bonds. The van der Waals surface area contributed by atoms with Crippen molar-refractivity contribution >= 4 is 0 Å². The molecule has 2 rings (SSSR count). The Morgan fingerprint density at radius 2 is 1.74 bits per heavy atom. The molecule has 2 nitrogen and oxygen atoms in total. The molecule has 0 heterocycles. The van der Waals surface area contributed by atoms with E-state index in [1.54, 1.807) is 12.1 Å². The molecule has 0 aliphatic rings. The second-order valence-corrected chi connectivity index (χ2v) is 4.74. The van der Waals surface area contributed by atoms with Crippen molar-refractivity contribution in [2.24, 2.45) is 5.73 Å². The highest BCUT2D eigenvalue weighted by molar-refractivity contribution is 5.33. The maximum atomic E-state index is 13.3. The topological polar surface area (TPSA) is 35.2 Å². The molecule has 0 unspecified atom stereocenters. The van der Waals surface area contributed by atoms with Crippen molar-refractivity contribution in [3.05, 3.63) is 64.5 Å². The fourth-order valence-corrected chi connectivity index (χ4v) is 2.06. The van der Waals surface area contributed by atoms with Gasteiger partial charge in [0.2, 0.25) is 0 Å². The standard InChI is InChI=1S/C16H18FNO/c1-11-5-12(2)7-15(6-11)19-10-13-3-4-16(17)14(8-13)9-18/h3-8H,9-10,18H2,1-2H3. The van der Waals surface area contributed by atoms with E-state index in [9.17, 15) is 4.39 Å². The predicted molar refractivity (Wildman–Crippen MR) is 74.5 cm³/mol. The minimum atomic E-state index is -0.266. The van der Waals surface area contributed by atoms with Crippen LogP contribution in [0.15, 0.2) is 36.4 Å². The Balaban J connectivity index is 2.10. The summed E-state index contributed by atoms with van der Waals surface area (Å²) >= 11 is 0. The van der Waals surface area contributed by atoms with Gasteiger partial charge in [0.1, 0.15) is 18.2 Å². The summed E-state index contributed by atoms with van der Waals surface area (Å²) in [6, 6.07) is 11.0. The van der Waals surface area contributed by atoms with Crippen LogP contribution in [0.3, 0.4) is 0 Å². The number of nitrogens with two attached hydrogens (primary N) is 1. The average molecular weight is 259 g/mol. The third kappa shape index (κ3) is 3.55. The van der Waals surface area contributed by atoms with Gasteiger partial charge in [-0.3, -0.25) is 0 Å². The first kappa shape index (κ1) is 13.6. The van der Waals surface area contributed by atoms with Crippen molar-refractivity contribution in [3.63, 3.8) is 0 Å². The first-order valence-electron chi connectivity index (χ1n) is 6.27. The smallest absolute Gasteiger partial charge is 0.127 e. The van der Waals surface area contributed by atoms with Gasteiger partial charge in [0.05, 0.1) is 0 Å². The van der Waals surface area contributed by atoms with Crippen molar-refractivity contribution in [1.82, 2.24) is 0 Å². The SMILES string of the molecule is Cc1cc(C)cc(OCc2ccc(F)c(CN)c2)c1. The van der Waals surface area contributed by atoms with Gasteiger partial charge in [0, 0.05) is 12.1 Å². The lowest BCUT2D eigenvalue weighted by Gasteiger charge is -2.09. The normalized spacial score (nSPS) is 10.5. The van der Waals surface area contributed by atoms with Gasteiger partial charge in [0.25, 0.3) is 0 Å². The summed E-state index contributed by atoms with van der Waals surface area (Å²) in [5.74, 6) is 0.564. The van der Waals surface area contributed by atoms with E-state index in [0.717, 1.165) is 22.4 Å². The molecular formula is C16H18FNO. The van der Waals surface area contributed by atoms with Gasteiger partial charge in [-0.05, 0) is 54.8 Å². The Labute approximate surface area is 113 Å². The number of aryl methyl sites for hydroxylation is 2. The highest BCUT2D eigenvalue weighted by Crippen LogP contribution is 2.18. The molecule has 0 saturated heterocycles. The summed E-state index contributed by atoms with van der Waals surface area (Å²) in [7, 11) is 0. The van der Waals surface area contributed by atoms with E-state index in [-0.39, 0.29) is 12.4 Å². The van der Waals surface area contributed by atoms with Gasteiger partial charge in [-0.1, -0.05) is 12.1 Å². The van der Waals surface area contributed by atoms with Crippen LogP contribution < -0.4 is 10.5 Å². The Kier molecular flexibility index (Phi) is 4.17. The van der Waals surface area contributed by atoms with Crippen molar-refractivity contribution < 1.29 is 9.13 Å². The van der Waals surface area contributed by atoms with Crippen molar-refractivity contribution in [1.29, 1.82) is 0 Å². The zero-order chi connectivity index (χ0) is 13.8. The molecule has 3 heteroatoms. The maximum absolute atomic E-state index is 13.3. The zero-order valence-electron chi connectivity index (χ0n) is 11.2. The monoisotopic (exact) mass is 259 g/mol. The van der Waals surface area contributed by atoms with Crippen LogP contribution in [0.5, 0.6) is 5.75 Å². The van der Waals surface area contributed by atoms with Gasteiger partial charge in [0.15, 0.2) is 0 Å². The van der Waals surface area contributed by atoms with Crippen LogP contribution in [-0.2, 0) is 13.2 Å². The lowest BCUT2D eigenvalue weighted by Crippen LogP contribution is -2.03. The average Bonchev–Trinajstić information content (AvgIpc) is 2.36. The second-order valence-electron chi connectivity index (χ2n) is 4.74. The van der Waals surface area contributed by atoms with E-state index in [2.05, 4.69) is 6.07 Å². The Morgan fingerprint density at radius 1 is 1.05 bits per heavy atom. The van der Waals surface area contributed by atoms with Crippen molar-refractivity contribution in [3.8, 4) is 5.75 Å². The third-order valence-electron chi connectivity index (χ3n) is 2.93. The molecule has 0 bridgehead atoms. The lowest BCUT2D eigenvalue weighted by atomic mass is 10.1. The quantitative estimate of drug-likeness (QED) is 0.912. The molecule has 2 aromatic carbocycles. The predicted octanol–water partition coefficient (Wildman–Crippen LogP) is 3.48. The molecule has 0 spiro atoms. The van der Waals surface area contributed by atoms with E-state index >= 15 is 0 Å². The van der Waals surface area contributed by atoms with Crippen molar-refractivity contribution in [2.75, 3.05) is 0 Å². The van der Waals surface area contributed by atoms with E-state index in [1.165, 1.54) is 6.07 Å². The minimum absolute atomic E-state index is 0.198. The number of hydrogen-bond donors (Lipinski definition) is 1. The van der Waals surface area contributed by atoms with Gasteiger partial charge in [-0.15, -0.1) is 0 Å². The minimum Gasteiger partial charge on any atom is -0.489 e. The molecule has 0 radical (unpaired) electrons. The molecule has 0 fully saturated rings. The molecular weight excluding hydrogens is 241 g/mol. The Hall–Kier alpha value is -1.87. The van der Waals surface area contributed by atoms with Crippen LogP contribution in [0, 0.1) is 19.7 Å². The number of benzene rings is 2. The van der Waals surface area contributed by atoms with Crippen LogP contribution in [-0.4, -0.2) is 0 Å². The molecule has 0 atom stereocenters. The highest BCUT2D eigenvalue weighted by atomic mass is 19.1. The molecule has 0 aliphatic heterocycles. The Bertz CT molecular complexity index is 561. The molecule has 2 N–H and O–H groups in total. The number of rotatable bonds is 4.